The van der Waals surface area contributed by atoms with Crippen LogP contribution in [0.25, 0.3) is 0 Å². The molecule has 3 N–H and O–H groups in total. The smallest absolute Gasteiger partial charge is 0.337 e. The highest BCUT2D eigenvalue weighted by molar-refractivity contribution is 5.92. The summed E-state index contributed by atoms with van der Waals surface area (Å²) in [4.78, 5) is 26.2. The largest absolute Gasteiger partial charge is 0.478 e. The van der Waals surface area contributed by atoms with Gasteiger partial charge in [-0.05, 0) is 18.6 Å². The van der Waals surface area contributed by atoms with Crippen LogP contribution in [0.3, 0.4) is 0 Å². The first-order valence-corrected chi connectivity index (χ1v) is 6.27. The minimum Gasteiger partial charge on any atom is -0.478 e. The molecular weight excluding hydrogens is 274 g/mol. The van der Waals surface area contributed by atoms with Gasteiger partial charge in [-0.2, -0.15) is 5.10 Å². The van der Waals surface area contributed by atoms with E-state index < -0.39 is 12.0 Å². The van der Waals surface area contributed by atoms with Gasteiger partial charge < -0.3 is 15.7 Å². The van der Waals surface area contributed by atoms with E-state index in [1.54, 1.807) is 10.9 Å². The molecule has 2 aromatic heterocycles. The van der Waals surface area contributed by atoms with Crippen LogP contribution in [0.4, 0.5) is 10.5 Å². The average Bonchev–Trinajstić information content (AvgIpc) is 2.84. The van der Waals surface area contributed by atoms with E-state index in [4.69, 9.17) is 5.11 Å². The fraction of sp³-hybridized carbons (Fsp3) is 0.231. The van der Waals surface area contributed by atoms with Crippen LogP contribution in [0.15, 0.2) is 30.9 Å². The number of hydrogen-bond acceptors (Lipinski definition) is 4. The molecule has 0 fully saturated rings. The highest BCUT2D eigenvalue weighted by atomic mass is 16.4. The molecule has 0 aromatic carbocycles. The molecule has 0 atom stereocenters. The van der Waals surface area contributed by atoms with Crippen molar-refractivity contribution in [2.75, 3.05) is 11.9 Å². The second kappa shape index (κ2) is 6.51. The maximum absolute atomic E-state index is 11.7. The quantitative estimate of drug-likeness (QED) is 0.763. The summed E-state index contributed by atoms with van der Waals surface area (Å²) in [6.45, 7) is 2.89. The van der Waals surface area contributed by atoms with E-state index in [-0.39, 0.29) is 5.56 Å². The zero-order chi connectivity index (χ0) is 15.2. The topological polar surface area (TPSA) is 109 Å². The van der Waals surface area contributed by atoms with Crippen LogP contribution in [0.1, 0.15) is 15.9 Å². The van der Waals surface area contributed by atoms with Crippen molar-refractivity contribution in [3.05, 3.63) is 42.0 Å². The number of pyridine rings is 1. The lowest BCUT2D eigenvalue weighted by Crippen LogP contribution is -2.31. The van der Waals surface area contributed by atoms with Gasteiger partial charge in [-0.15, -0.1) is 0 Å². The van der Waals surface area contributed by atoms with Gasteiger partial charge in [0.05, 0.1) is 30.2 Å². The predicted molar refractivity (Wildman–Crippen MR) is 75.2 cm³/mol. The Balaban J connectivity index is 1.81. The minimum absolute atomic E-state index is 0.0137. The molecular formula is C13H15N5O3. The highest BCUT2D eigenvalue weighted by Gasteiger charge is 2.06. The first-order valence-electron chi connectivity index (χ1n) is 6.27. The van der Waals surface area contributed by atoms with Crippen LogP contribution in [-0.4, -0.2) is 38.4 Å². The zero-order valence-electron chi connectivity index (χ0n) is 11.4. The Hall–Kier alpha value is -2.90. The van der Waals surface area contributed by atoms with Gasteiger partial charge in [0.2, 0.25) is 0 Å². The Morgan fingerprint density at radius 2 is 2.14 bits per heavy atom. The number of carboxylic acids is 1. The number of amides is 2. The number of aromatic nitrogens is 3. The van der Waals surface area contributed by atoms with Crippen LogP contribution in [-0.2, 0) is 6.54 Å². The molecule has 8 heteroatoms. The van der Waals surface area contributed by atoms with E-state index in [0.29, 0.717) is 18.8 Å². The van der Waals surface area contributed by atoms with Crippen molar-refractivity contribution in [1.82, 2.24) is 20.1 Å². The molecule has 0 bridgehead atoms. The molecule has 110 valence electrons. The van der Waals surface area contributed by atoms with Gasteiger partial charge in [-0.3, -0.25) is 9.67 Å². The number of nitrogens with one attached hydrogen (secondary N) is 2. The van der Waals surface area contributed by atoms with Gasteiger partial charge in [-0.1, -0.05) is 0 Å². The summed E-state index contributed by atoms with van der Waals surface area (Å²) in [7, 11) is 0. The molecule has 0 aliphatic carbocycles. The van der Waals surface area contributed by atoms with Gasteiger partial charge in [-0.25, -0.2) is 9.59 Å². The number of nitrogens with zero attached hydrogens (tertiary/aromatic N) is 3. The van der Waals surface area contributed by atoms with Crippen molar-refractivity contribution in [3.63, 3.8) is 0 Å². The molecule has 0 saturated carbocycles. The second-order valence-corrected chi connectivity index (χ2v) is 4.43. The summed E-state index contributed by atoms with van der Waals surface area (Å²) < 4.78 is 1.72. The van der Waals surface area contributed by atoms with Crippen LogP contribution in [0.5, 0.6) is 0 Å². The third-order valence-corrected chi connectivity index (χ3v) is 2.63. The van der Waals surface area contributed by atoms with Crippen molar-refractivity contribution in [3.8, 4) is 0 Å². The Labute approximate surface area is 120 Å². The fourth-order valence-electron chi connectivity index (χ4n) is 1.67. The molecule has 2 amide bonds. The van der Waals surface area contributed by atoms with Crippen LogP contribution < -0.4 is 10.6 Å². The standard InChI is InChI=1S/C13H15N5O3/c1-9-5-16-18(8-9)3-2-15-13(21)17-11-4-10(12(19)20)6-14-7-11/h4-8H,2-3H2,1H3,(H,19,20)(H2,15,17,21). The van der Waals surface area contributed by atoms with E-state index in [9.17, 15) is 9.59 Å². The molecule has 0 aliphatic heterocycles. The third-order valence-electron chi connectivity index (χ3n) is 2.63. The van der Waals surface area contributed by atoms with Crippen molar-refractivity contribution in [1.29, 1.82) is 0 Å². The Kier molecular flexibility index (Phi) is 4.50. The molecule has 2 rings (SSSR count). The minimum atomic E-state index is -1.10. The lowest BCUT2D eigenvalue weighted by atomic mass is 10.3. The molecule has 0 radical (unpaired) electrons. The molecule has 0 saturated heterocycles. The first-order chi connectivity index (χ1) is 10.0. The SMILES string of the molecule is Cc1cnn(CCNC(=O)Nc2cncc(C(=O)O)c2)c1. The Bertz CT molecular complexity index is 653. The van der Waals surface area contributed by atoms with Crippen molar-refractivity contribution < 1.29 is 14.7 Å². The highest BCUT2D eigenvalue weighted by Crippen LogP contribution is 2.07. The van der Waals surface area contributed by atoms with Crippen molar-refractivity contribution in [2.45, 2.75) is 13.5 Å². The summed E-state index contributed by atoms with van der Waals surface area (Å²) in [6, 6.07) is 0.911. The average molecular weight is 289 g/mol. The number of rotatable bonds is 5. The van der Waals surface area contributed by atoms with E-state index in [1.807, 2.05) is 13.1 Å². The number of aromatic carboxylic acids is 1. The summed E-state index contributed by atoms with van der Waals surface area (Å²) >= 11 is 0. The van der Waals surface area contributed by atoms with E-state index in [1.165, 1.54) is 18.5 Å². The second-order valence-electron chi connectivity index (χ2n) is 4.43. The number of carbonyl (C=O) groups excluding carboxylic acids is 1. The number of aryl methyl sites for hydroxylation is 1. The normalized spacial score (nSPS) is 10.1. The number of carboxylic acid groups (broad SMARTS) is 1. The number of hydrogen-bond donors (Lipinski definition) is 3. The molecule has 0 spiro atoms. The summed E-state index contributed by atoms with van der Waals surface area (Å²) in [6.07, 6.45) is 6.21. The van der Waals surface area contributed by atoms with Crippen LogP contribution in [0.2, 0.25) is 0 Å². The van der Waals surface area contributed by atoms with Gasteiger partial charge in [0.1, 0.15) is 0 Å². The maximum atomic E-state index is 11.7. The van der Waals surface area contributed by atoms with Gasteiger partial charge >= 0.3 is 12.0 Å². The molecule has 2 aromatic rings. The van der Waals surface area contributed by atoms with E-state index >= 15 is 0 Å². The van der Waals surface area contributed by atoms with Gasteiger partial charge in [0.25, 0.3) is 0 Å². The van der Waals surface area contributed by atoms with Crippen LogP contribution >= 0.6 is 0 Å². The Morgan fingerprint density at radius 1 is 1.33 bits per heavy atom. The zero-order valence-corrected chi connectivity index (χ0v) is 11.4. The number of urea groups is 1. The number of anilines is 1. The van der Waals surface area contributed by atoms with Crippen molar-refractivity contribution in [2.24, 2.45) is 0 Å². The lowest BCUT2D eigenvalue weighted by molar-refractivity contribution is 0.0696. The monoisotopic (exact) mass is 289 g/mol. The lowest BCUT2D eigenvalue weighted by Gasteiger charge is -2.07. The summed E-state index contributed by atoms with van der Waals surface area (Å²) in [5, 5.41) is 18.1. The predicted octanol–water partition coefficient (Wildman–Crippen LogP) is 1.11. The van der Waals surface area contributed by atoms with Crippen LogP contribution in [0, 0.1) is 6.92 Å². The fourth-order valence-corrected chi connectivity index (χ4v) is 1.67. The van der Waals surface area contributed by atoms with E-state index in [2.05, 4.69) is 20.7 Å². The summed E-state index contributed by atoms with van der Waals surface area (Å²) in [5.41, 5.74) is 1.39. The number of carbonyl (C=O) groups is 2. The third kappa shape index (κ3) is 4.30. The molecule has 8 nitrogen and oxygen atoms in total. The van der Waals surface area contributed by atoms with Crippen molar-refractivity contribution >= 4 is 17.7 Å². The molecule has 0 unspecified atom stereocenters. The van der Waals surface area contributed by atoms with Gasteiger partial charge in [0.15, 0.2) is 0 Å². The summed E-state index contributed by atoms with van der Waals surface area (Å²) in [5.74, 6) is -1.10. The molecule has 0 aliphatic rings. The molecule has 21 heavy (non-hydrogen) atoms. The molecule has 2 heterocycles. The maximum Gasteiger partial charge on any atom is 0.337 e. The Morgan fingerprint density at radius 3 is 2.81 bits per heavy atom. The first kappa shape index (κ1) is 14.5. The van der Waals surface area contributed by atoms with E-state index in [0.717, 1.165) is 5.56 Å². The van der Waals surface area contributed by atoms with Gasteiger partial charge in [0, 0.05) is 18.9 Å².